The number of rotatable bonds is 6. The second-order valence-electron chi connectivity index (χ2n) is 11.1. The molecule has 0 spiro atoms. The molecule has 0 bridgehead atoms. The SMILES string of the molecule is c1ccc(N(c2ccccc2)c2ccc3c(ccc4c5cc(N(c6ccccc6)c6ccccc6)ccc5ccc34)c2)cc1. The lowest BCUT2D eigenvalue weighted by Crippen LogP contribution is -2.09. The topological polar surface area (TPSA) is 6.48 Å². The number of benzene rings is 8. The van der Waals surface area contributed by atoms with Crippen LogP contribution in [-0.4, -0.2) is 0 Å². The van der Waals surface area contributed by atoms with E-state index in [9.17, 15) is 0 Å². The average molecular weight is 563 g/mol. The van der Waals surface area contributed by atoms with Gasteiger partial charge in [0.1, 0.15) is 0 Å². The van der Waals surface area contributed by atoms with E-state index in [0.717, 1.165) is 34.1 Å². The lowest BCUT2D eigenvalue weighted by atomic mass is 9.96. The van der Waals surface area contributed by atoms with Gasteiger partial charge in [-0.3, -0.25) is 0 Å². The Morgan fingerprint density at radius 3 is 1.09 bits per heavy atom. The predicted molar refractivity (Wildman–Crippen MR) is 188 cm³/mol. The lowest BCUT2D eigenvalue weighted by Gasteiger charge is -2.26. The molecule has 8 rings (SSSR count). The summed E-state index contributed by atoms with van der Waals surface area (Å²) in [7, 11) is 0. The summed E-state index contributed by atoms with van der Waals surface area (Å²) >= 11 is 0. The van der Waals surface area contributed by atoms with E-state index in [2.05, 4.69) is 192 Å². The molecule has 0 N–H and O–H groups in total. The molecule has 0 aromatic heterocycles. The van der Waals surface area contributed by atoms with Gasteiger partial charge in [-0.2, -0.15) is 0 Å². The van der Waals surface area contributed by atoms with E-state index < -0.39 is 0 Å². The van der Waals surface area contributed by atoms with Crippen LogP contribution < -0.4 is 9.80 Å². The molecule has 0 heterocycles. The Morgan fingerprint density at radius 1 is 0.227 bits per heavy atom. The lowest BCUT2D eigenvalue weighted by molar-refractivity contribution is 1.29. The third-order valence-corrected chi connectivity index (χ3v) is 8.38. The Kier molecular flexibility index (Phi) is 6.51. The van der Waals surface area contributed by atoms with Crippen molar-refractivity contribution in [1.82, 2.24) is 0 Å². The molecule has 0 unspecified atom stereocenters. The van der Waals surface area contributed by atoms with E-state index in [1.165, 1.54) is 32.3 Å². The van der Waals surface area contributed by atoms with E-state index in [4.69, 9.17) is 0 Å². The maximum atomic E-state index is 2.34. The smallest absolute Gasteiger partial charge is 0.0468 e. The zero-order valence-corrected chi connectivity index (χ0v) is 24.2. The minimum Gasteiger partial charge on any atom is -0.310 e. The van der Waals surface area contributed by atoms with Crippen LogP contribution in [0.15, 0.2) is 182 Å². The minimum atomic E-state index is 1.14. The fourth-order valence-electron chi connectivity index (χ4n) is 6.33. The molecule has 0 aliphatic carbocycles. The van der Waals surface area contributed by atoms with Crippen molar-refractivity contribution in [2.45, 2.75) is 0 Å². The number of para-hydroxylation sites is 4. The number of hydrogen-bond donors (Lipinski definition) is 0. The fraction of sp³-hybridized carbons (Fsp3) is 0. The van der Waals surface area contributed by atoms with Crippen molar-refractivity contribution in [2.75, 3.05) is 9.80 Å². The predicted octanol–water partition coefficient (Wildman–Crippen LogP) is 12.1. The van der Waals surface area contributed by atoms with E-state index in [-0.39, 0.29) is 0 Å². The summed E-state index contributed by atoms with van der Waals surface area (Å²) in [5.74, 6) is 0. The van der Waals surface area contributed by atoms with Crippen LogP contribution in [0.3, 0.4) is 0 Å². The second-order valence-corrected chi connectivity index (χ2v) is 11.1. The quantitative estimate of drug-likeness (QED) is 0.186. The van der Waals surface area contributed by atoms with Crippen LogP contribution in [0, 0.1) is 0 Å². The van der Waals surface area contributed by atoms with Gasteiger partial charge < -0.3 is 9.80 Å². The highest BCUT2D eigenvalue weighted by Gasteiger charge is 2.15. The van der Waals surface area contributed by atoms with Crippen molar-refractivity contribution >= 4 is 66.4 Å². The minimum absolute atomic E-state index is 1.14. The first kappa shape index (κ1) is 25.8. The molecule has 0 radical (unpaired) electrons. The fourth-order valence-corrected chi connectivity index (χ4v) is 6.33. The van der Waals surface area contributed by atoms with Crippen LogP contribution in [0.5, 0.6) is 0 Å². The summed E-state index contributed by atoms with van der Waals surface area (Å²) in [6, 6.07) is 65.1. The molecule has 0 aliphatic heterocycles. The van der Waals surface area contributed by atoms with Gasteiger partial charge in [-0.15, -0.1) is 0 Å². The van der Waals surface area contributed by atoms with Gasteiger partial charge in [0.2, 0.25) is 0 Å². The molecule has 0 saturated carbocycles. The highest BCUT2D eigenvalue weighted by atomic mass is 15.1. The molecule has 0 atom stereocenters. The zero-order valence-electron chi connectivity index (χ0n) is 24.2. The molecule has 208 valence electrons. The highest BCUT2D eigenvalue weighted by Crippen LogP contribution is 2.40. The highest BCUT2D eigenvalue weighted by molar-refractivity contribution is 6.18. The van der Waals surface area contributed by atoms with Gasteiger partial charge in [-0.05, 0) is 105 Å². The van der Waals surface area contributed by atoms with Crippen molar-refractivity contribution < 1.29 is 0 Å². The van der Waals surface area contributed by atoms with Crippen molar-refractivity contribution in [2.24, 2.45) is 0 Å². The maximum absolute atomic E-state index is 2.34. The van der Waals surface area contributed by atoms with Crippen LogP contribution in [0.25, 0.3) is 32.3 Å². The first-order chi connectivity index (χ1) is 21.8. The Hall–Kier alpha value is -5.86. The zero-order chi connectivity index (χ0) is 29.3. The number of hydrogen-bond acceptors (Lipinski definition) is 2. The number of anilines is 6. The Bertz CT molecular complexity index is 2130. The standard InChI is InChI=1S/C42H30N2/c1-5-13-33(14-6-1)43(34-15-7-2-8-16-34)37-25-28-39-32(29-37)23-27-41-40(39)26-22-31-21-24-38(30-42(31)41)44(35-17-9-3-10-18-35)36-19-11-4-12-20-36/h1-30H. The van der Waals surface area contributed by atoms with Crippen LogP contribution in [0.4, 0.5) is 34.1 Å². The molecule has 2 nitrogen and oxygen atoms in total. The summed E-state index contributed by atoms with van der Waals surface area (Å²) in [6.45, 7) is 0. The Labute approximate surface area is 257 Å². The van der Waals surface area contributed by atoms with Gasteiger partial charge in [-0.1, -0.05) is 109 Å². The number of fused-ring (bicyclic) bond motifs is 5. The Balaban J connectivity index is 1.28. The van der Waals surface area contributed by atoms with Gasteiger partial charge in [0.15, 0.2) is 0 Å². The van der Waals surface area contributed by atoms with Crippen molar-refractivity contribution in [3.05, 3.63) is 182 Å². The second kappa shape index (κ2) is 11.1. The normalized spacial score (nSPS) is 11.2. The molecule has 0 aliphatic rings. The largest absolute Gasteiger partial charge is 0.310 e. The third kappa shape index (κ3) is 4.63. The molecular weight excluding hydrogens is 532 g/mol. The van der Waals surface area contributed by atoms with E-state index in [1.54, 1.807) is 0 Å². The van der Waals surface area contributed by atoms with E-state index in [0.29, 0.717) is 0 Å². The monoisotopic (exact) mass is 562 g/mol. The van der Waals surface area contributed by atoms with Crippen molar-refractivity contribution in [3.8, 4) is 0 Å². The van der Waals surface area contributed by atoms with Crippen molar-refractivity contribution in [3.63, 3.8) is 0 Å². The summed E-state index contributed by atoms with van der Waals surface area (Å²) < 4.78 is 0. The molecule has 0 amide bonds. The summed E-state index contributed by atoms with van der Waals surface area (Å²) in [4.78, 5) is 4.64. The van der Waals surface area contributed by atoms with Gasteiger partial charge in [0.25, 0.3) is 0 Å². The van der Waals surface area contributed by atoms with Crippen LogP contribution in [-0.2, 0) is 0 Å². The third-order valence-electron chi connectivity index (χ3n) is 8.38. The van der Waals surface area contributed by atoms with Crippen molar-refractivity contribution in [1.29, 1.82) is 0 Å². The number of nitrogens with zero attached hydrogens (tertiary/aromatic N) is 2. The molecule has 44 heavy (non-hydrogen) atoms. The summed E-state index contributed by atoms with van der Waals surface area (Å²) in [5.41, 5.74) is 6.82. The molecule has 0 saturated heterocycles. The first-order valence-electron chi connectivity index (χ1n) is 15.0. The Morgan fingerprint density at radius 2 is 0.591 bits per heavy atom. The van der Waals surface area contributed by atoms with Crippen LogP contribution >= 0.6 is 0 Å². The van der Waals surface area contributed by atoms with Crippen LogP contribution in [0.2, 0.25) is 0 Å². The van der Waals surface area contributed by atoms with Gasteiger partial charge >= 0.3 is 0 Å². The van der Waals surface area contributed by atoms with E-state index >= 15 is 0 Å². The average Bonchev–Trinajstić information content (AvgIpc) is 3.10. The van der Waals surface area contributed by atoms with Gasteiger partial charge in [-0.25, -0.2) is 0 Å². The maximum Gasteiger partial charge on any atom is 0.0468 e. The summed E-state index contributed by atoms with van der Waals surface area (Å²) in [5, 5.41) is 7.47. The van der Waals surface area contributed by atoms with E-state index in [1.807, 2.05) is 0 Å². The summed E-state index contributed by atoms with van der Waals surface area (Å²) in [6.07, 6.45) is 0. The molecule has 8 aromatic rings. The van der Waals surface area contributed by atoms with Crippen LogP contribution in [0.1, 0.15) is 0 Å². The molecule has 8 aromatic carbocycles. The first-order valence-corrected chi connectivity index (χ1v) is 15.0. The molecule has 0 fully saturated rings. The molecular formula is C42H30N2. The van der Waals surface area contributed by atoms with Gasteiger partial charge in [0, 0.05) is 34.1 Å². The molecule has 2 heteroatoms. The van der Waals surface area contributed by atoms with Gasteiger partial charge in [0.05, 0.1) is 0 Å².